The average Bonchev–Trinajstić information content (AvgIpc) is 2.58. The summed E-state index contributed by atoms with van der Waals surface area (Å²) in [5, 5.41) is 7.33. The first-order chi connectivity index (χ1) is 11.2. The Kier molecular flexibility index (Phi) is 7.08. The standard InChI is InChI=1S/C20H26N2S/c1-16(2)15-22-20(23)21-14-13-19(17-9-5-3-6-10-17)18-11-7-4-8-12-18/h3-12,16,19H,13-15H2,1-2H3,(H2,21,22,23). The lowest BCUT2D eigenvalue weighted by atomic mass is 9.88. The lowest BCUT2D eigenvalue weighted by molar-refractivity contribution is 0.614. The Morgan fingerprint density at radius 1 is 0.870 bits per heavy atom. The van der Waals surface area contributed by atoms with Gasteiger partial charge in [-0.25, -0.2) is 0 Å². The summed E-state index contributed by atoms with van der Waals surface area (Å²) in [6, 6.07) is 21.4. The van der Waals surface area contributed by atoms with Crippen molar-refractivity contribution in [3.63, 3.8) is 0 Å². The predicted octanol–water partition coefficient (Wildman–Crippen LogP) is 4.33. The number of thiocarbonyl (C=S) groups is 1. The maximum atomic E-state index is 5.34. The fourth-order valence-electron chi connectivity index (χ4n) is 2.59. The molecule has 0 radical (unpaired) electrons. The van der Waals surface area contributed by atoms with Crippen LogP contribution in [0, 0.1) is 5.92 Å². The third-order valence-corrected chi connectivity index (χ3v) is 4.08. The van der Waals surface area contributed by atoms with E-state index < -0.39 is 0 Å². The molecule has 0 atom stereocenters. The molecule has 2 aromatic rings. The molecule has 0 aliphatic rings. The van der Waals surface area contributed by atoms with Crippen LogP contribution in [-0.4, -0.2) is 18.2 Å². The van der Waals surface area contributed by atoms with Crippen molar-refractivity contribution in [2.45, 2.75) is 26.2 Å². The second kappa shape index (κ2) is 9.31. The van der Waals surface area contributed by atoms with E-state index in [1.165, 1.54) is 11.1 Å². The van der Waals surface area contributed by atoms with Gasteiger partial charge < -0.3 is 10.6 Å². The number of nitrogens with one attached hydrogen (secondary N) is 2. The van der Waals surface area contributed by atoms with Crippen molar-refractivity contribution in [1.29, 1.82) is 0 Å². The highest BCUT2D eigenvalue weighted by molar-refractivity contribution is 7.80. The zero-order valence-corrected chi connectivity index (χ0v) is 14.8. The van der Waals surface area contributed by atoms with Gasteiger partial charge in [-0.3, -0.25) is 0 Å². The van der Waals surface area contributed by atoms with Gasteiger partial charge in [0.1, 0.15) is 0 Å². The Hall–Kier alpha value is -1.87. The number of benzene rings is 2. The summed E-state index contributed by atoms with van der Waals surface area (Å²) in [5.74, 6) is 0.980. The maximum Gasteiger partial charge on any atom is 0.166 e. The van der Waals surface area contributed by atoms with Crippen LogP contribution in [0.5, 0.6) is 0 Å². The van der Waals surface area contributed by atoms with Gasteiger partial charge in [0.05, 0.1) is 0 Å². The Morgan fingerprint density at radius 2 is 1.39 bits per heavy atom. The van der Waals surface area contributed by atoms with E-state index in [9.17, 15) is 0 Å². The van der Waals surface area contributed by atoms with Crippen molar-refractivity contribution in [2.24, 2.45) is 5.92 Å². The van der Waals surface area contributed by atoms with Crippen LogP contribution in [0.3, 0.4) is 0 Å². The number of hydrogen-bond donors (Lipinski definition) is 2. The molecule has 0 spiro atoms. The molecular formula is C20H26N2S. The summed E-state index contributed by atoms with van der Waals surface area (Å²) in [4.78, 5) is 0. The molecule has 0 amide bonds. The molecule has 0 saturated heterocycles. The molecule has 0 saturated carbocycles. The van der Waals surface area contributed by atoms with E-state index in [-0.39, 0.29) is 0 Å². The van der Waals surface area contributed by atoms with Gasteiger partial charge in [0, 0.05) is 19.0 Å². The first-order valence-corrected chi connectivity index (χ1v) is 8.69. The van der Waals surface area contributed by atoms with Gasteiger partial charge in [0.2, 0.25) is 0 Å². The molecule has 2 rings (SSSR count). The molecule has 23 heavy (non-hydrogen) atoms. The van der Waals surface area contributed by atoms with Crippen molar-refractivity contribution in [1.82, 2.24) is 10.6 Å². The molecular weight excluding hydrogens is 300 g/mol. The molecule has 0 unspecified atom stereocenters. The van der Waals surface area contributed by atoms with Crippen molar-refractivity contribution < 1.29 is 0 Å². The largest absolute Gasteiger partial charge is 0.363 e. The average molecular weight is 327 g/mol. The summed E-state index contributed by atoms with van der Waals surface area (Å²) in [6.45, 7) is 6.12. The topological polar surface area (TPSA) is 24.1 Å². The summed E-state index contributed by atoms with van der Waals surface area (Å²) >= 11 is 5.34. The first kappa shape index (κ1) is 17.5. The molecule has 0 aliphatic heterocycles. The number of hydrogen-bond acceptors (Lipinski definition) is 1. The Balaban J connectivity index is 1.95. The zero-order valence-electron chi connectivity index (χ0n) is 14.0. The molecule has 2 aromatic carbocycles. The summed E-state index contributed by atoms with van der Waals surface area (Å²) < 4.78 is 0. The second-order valence-corrected chi connectivity index (χ2v) is 6.60. The van der Waals surface area contributed by atoms with Crippen LogP contribution >= 0.6 is 12.2 Å². The van der Waals surface area contributed by atoms with E-state index in [2.05, 4.69) is 85.1 Å². The minimum atomic E-state index is 0.387. The molecule has 2 N–H and O–H groups in total. The van der Waals surface area contributed by atoms with E-state index in [1.54, 1.807) is 0 Å². The van der Waals surface area contributed by atoms with Gasteiger partial charge in [-0.15, -0.1) is 0 Å². The molecule has 3 heteroatoms. The van der Waals surface area contributed by atoms with Crippen LogP contribution in [0.25, 0.3) is 0 Å². The summed E-state index contributed by atoms with van der Waals surface area (Å²) in [7, 11) is 0. The van der Waals surface area contributed by atoms with Crippen LogP contribution in [0.4, 0.5) is 0 Å². The highest BCUT2D eigenvalue weighted by atomic mass is 32.1. The van der Waals surface area contributed by atoms with Crippen molar-refractivity contribution in [3.8, 4) is 0 Å². The summed E-state index contributed by atoms with van der Waals surface area (Å²) in [6.07, 6.45) is 1.01. The van der Waals surface area contributed by atoms with Crippen LogP contribution in [0.1, 0.15) is 37.3 Å². The minimum absolute atomic E-state index is 0.387. The Morgan fingerprint density at radius 3 is 1.87 bits per heavy atom. The highest BCUT2D eigenvalue weighted by Crippen LogP contribution is 2.27. The third kappa shape index (κ3) is 6.03. The molecule has 0 fully saturated rings. The van der Waals surface area contributed by atoms with Gasteiger partial charge >= 0.3 is 0 Å². The van der Waals surface area contributed by atoms with Crippen molar-refractivity contribution in [3.05, 3.63) is 71.8 Å². The lowest BCUT2D eigenvalue weighted by Crippen LogP contribution is -2.38. The smallest absolute Gasteiger partial charge is 0.166 e. The first-order valence-electron chi connectivity index (χ1n) is 8.28. The van der Waals surface area contributed by atoms with Crippen LogP contribution < -0.4 is 10.6 Å². The van der Waals surface area contributed by atoms with Crippen LogP contribution in [0.2, 0.25) is 0 Å². The zero-order chi connectivity index (χ0) is 16.5. The van der Waals surface area contributed by atoms with Gasteiger partial charge in [-0.05, 0) is 35.7 Å². The normalized spacial score (nSPS) is 10.8. The number of rotatable bonds is 7. The monoisotopic (exact) mass is 326 g/mol. The molecule has 2 nitrogen and oxygen atoms in total. The van der Waals surface area contributed by atoms with E-state index >= 15 is 0 Å². The molecule has 0 bridgehead atoms. The van der Waals surface area contributed by atoms with E-state index in [1.807, 2.05) is 0 Å². The van der Waals surface area contributed by atoms with Gasteiger partial charge in [-0.1, -0.05) is 74.5 Å². The Bertz CT molecular complexity index is 542. The molecule has 122 valence electrons. The van der Waals surface area contributed by atoms with Crippen molar-refractivity contribution >= 4 is 17.3 Å². The SMILES string of the molecule is CC(C)CNC(=S)NCCC(c1ccccc1)c1ccccc1. The van der Waals surface area contributed by atoms with Crippen molar-refractivity contribution in [2.75, 3.05) is 13.1 Å². The third-order valence-electron chi connectivity index (χ3n) is 3.79. The fourth-order valence-corrected chi connectivity index (χ4v) is 2.77. The van der Waals surface area contributed by atoms with E-state index in [4.69, 9.17) is 12.2 Å². The summed E-state index contributed by atoms with van der Waals surface area (Å²) in [5.41, 5.74) is 2.70. The molecule has 0 aliphatic carbocycles. The molecule has 0 heterocycles. The van der Waals surface area contributed by atoms with E-state index in [0.717, 1.165) is 24.6 Å². The Labute approximate surface area is 145 Å². The van der Waals surface area contributed by atoms with Crippen LogP contribution in [0.15, 0.2) is 60.7 Å². The minimum Gasteiger partial charge on any atom is -0.363 e. The van der Waals surface area contributed by atoms with Gasteiger partial charge in [0.15, 0.2) is 5.11 Å². The predicted molar refractivity (Wildman–Crippen MR) is 103 cm³/mol. The van der Waals surface area contributed by atoms with Gasteiger partial charge in [-0.2, -0.15) is 0 Å². The van der Waals surface area contributed by atoms with E-state index in [0.29, 0.717) is 11.8 Å². The maximum absolute atomic E-state index is 5.34. The van der Waals surface area contributed by atoms with Gasteiger partial charge in [0.25, 0.3) is 0 Å². The highest BCUT2D eigenvalue weighted by Gasteiger charge is 2.13. The molecule has 0 aromatic heterocycles. The quantitative estimate of drug-likeness (QED) is 0.741. The van der Waals surface area contributed by atoms with Crippen LogP contribution in [-0.2, 0) is 0 Å². The second-order valence-electron chi connectivity index (χ2n) is 6.19. The fraction of sp³-hybridized carbons (Fsp3) is 0.350. The lowest BCUT2D eigenvalue weighted by Gasteiger charge is -2.19.